The molecular formula is C20H27NO. The molecule has 0 amide bonds. The van der Waals surface area contributed by atoms with Crippen LogP contribution < -0.4 is 10.1 Å². The van der Waals surface area contributed by atoms with E-state index in [1.54, 1.807) is 0 Å². The van der Waals surface area contributed by atoms with Crippen LogP contribution in [0.5, 0.6) is 5.75 Å². The van der Waals surface area contributed by atoms with Crippen molar-refractivity contribution in [2.24, 2.45) is 0 Å². The Hall–Kier alpha value is -1.80. The third-order valence-electron chi connectivity index (χ3n) is 3.71. The van der Waals surface area contributed by atoms with Crippen LogP contribution in [-0.2, 0) is 18.5 Å². The Morgan fingerprint density at radius 3 is 1.77 bits per heavy atom. The molecule has 0 aliphatic carbocycles. The zero-order chi connectivity index (χ0) is 16.0. The summed E-state index contributed by atoms with van der Waals surface area (Å²) in [6.45, 7) is 11.2. The summed E-state index contributed by atoms with van der Waals surface area (Å²) in [4.78, 5) is 0. The molecule has 0 aliphatic rings. The Morgan fingerprint density at radius 1 is 0.818 bits per heavy atom. The van der Waals surface area contributed by atoms with E-state index in [9.17, 15) is 0 Å². The first-order chi connectivity index (χ1) is 10.5. The van der Waals surface area contributed by atoms with Gasteiger partial charge < -0.3 is 10.1 Å². The summed E-state index contributed by atoms with van der Waals surface area (Å²) >= 11 is 0. The highest BCUT2D eigenvalue weighted by molar-refractivity contribution is 5.28. The monoisotopic (exact) mass is 297 g/mol. The lowest BCUT2D eigenvalue weighted by molar-refractivity contribution is 0.340. The van der Waals surface area contributed by atoms with Crippen molar-refractivity contribution in [1.82, 2.24) is 5.32 Å². The molecule has 0 aliphatic heterocycles. The molecule has 2 aromatic rings. The SMILES string of the molecule is CCOc1ccc(CNCc2ccc(C(C)(C)C)cc2)cc1. The maximum absolute atomic E-state index is 5.45. The molecule has 0 saturated heterocycles. The first kappa shape index (κ1) is 16.6. The quantitative estimate of drug-likeness (QED) is 0.836. The zero-order valence-corrected chi connectivity index (χ0v) is 14.1. The minimum Gasteiger partial charge on any atom is -0.494 e. The van der Waals surface area contributed by atoms with E-state index in [0.29, 0.717) is 6.61 Å². The van der Waals surface area contributed by atoms with Crippen LogP contribution >= 0.6 is 0 Å². The summed E-state index contributed by atoms with van der Waals surface area (Å²) in [6, 6.07) is 17.2. The van der Waals surface area contributed by atoms with E-state index in [1.165, 1.54) is 16.7 Å². The van der Waals surface area contributed by atoms with Gasteiger partial charge in [-0.15, -0.1) is 0 Å². The van der Waals surface area contributed by atoms with Crippen LogP contribution in [0.15, 0.2) is 48.5 Å². The average Bonchev–Trinajstić information content (AvgIpc) is 2.49. The first-order valence-electron chi connectivity index (χ1n) is 8.01. The van der Waals surface area contributed by atoms with Gasteiger partial charge in [-0.05, 0) is 41.2 Å². The largest absolute Gasteiger partial charge is 0.494 e. The third-order valence-corrected chi connectivity index (χ3v) is 3.71. The van der Waals surface area contributed by atoms with Crippen LogP contribution in [0, 0.1) is 0 Å². The summed E-state index contributed by atoms with van der Waals surface area (Å²) < 4.78 is 5.45. The summed E-state index contributed by atoms with van der Waals surface area (Å²) in [6.07, 6.45) is 0. The van der Waals surface area contributed by atoms with Crippen molar-refractivity contribution >= 4 is 0 Å². The smallest absolute Gasteiger partial charge is 0.119 e. The topological polar surface area (TPSA) is 21.3 Å². The molecule has 0 atom stereocenters. The summed E-state index contributed by atoms with van der Waals surface area (Å²) in [7, 11) is 0. The van der Waals surface area contributed by atoms with Crippen LogP contribution in [0.2, 0.25) is 0 Å². The molecule has 0 fully saturated rings. The van der Waals surface area contributed by atoms with Gasteiger partial charge in [0.1, 0.15) is 5.75 Å². The molecule has 22 heavy (non-hydrogen) atoms. The van der Waals surface area contributed by atoms with Gasteiger partial charge in [-0.1, -0.05) is 57.2 Å². The first-order valence-corrected chi connectivity index (χ1v) is 8.01. The summed E-state index contributed by atoms with van der Waals surface area (Å²) in [5.74, 6) is 0.934. The predicted molar refractivity (Wildman–Crippen MR) is 93.3 cm³/mol. The lowest BCUT2D eigenvalue weighted by Crippen LogP contribution is -2.14. The van der Waals surface area contributed by atoms with Crippen LogP contribution in [0.1, 0.15) is 44.4 Å². The van der Waals surface area contributed by atoms with Crippen LogP contribution in [0.3, 0.4) is 0 Å². The molecule has 2 rings (SSSR count). The Balaban J connectivity index is 1.83. The fourth-order valence-corrected chi connectivity index (χ4v) is 2.34. The van der Waals surface area contributed by atoms with Gasteiger partial charge in [0.15, 0.2) is 0 Å². The van der Waals surface area contributed by atoms with Crippen LogP contribution in [0.4, 0.5) is 0 Å². The van der Waals surface area contributed by atoms with Crippen molar-refractivity contribution in [3.8, 4) is 5.75 Å². The van der Waals surface area contributed by atoms with Crippen molar-refractivity contribution < 1.29 is 4.74 Å². The van der Waals surface area contributed by atoms with Gasteiger partial charge in [0.2, 0.25) is 0 Å². The van der Waals surface area contributed by atoms with Gasteiger partial charge >= 0.3 is 0 Å². The second-order valence-corrected chi connectivity index (χ2v) is 6.63. The number of hydrogen-bond acceptors (Lipinski definition) is 2. The van der Waals surface area contributed by atoms with E-state index in [4.69, 9.17) is 4.74 Å². The molecule has 0 spiro atoms. The van der Waals surface area contributed by atoms with E-state index < -0.39 is 0 Å². The normalized spacial score (nSPS) is 11.5. The molecule has 0 unspecified atom stereocenters. The molecule has 2 aromatic carbocycles. The van der Waals surface area contributed by atoms with E-state index in [1.807, 2.05) is 19.1 Å². The van der Waals surface area contributed by atoms with E-state index >= 15 is 0 Å². The van der Waals surface area contributed by atoms with Crippen molar-refractivity contribution in [3.05, 3.63) is 65.2 Å². The molecule has 0 bridgehead atoms. The third kappa shape index (κ3) is 4.88. The fraction of sp³-hybridized carbons (Fsp3) is 0.400. The molecule has 0 radical (unpaired) electrons. The van der Waals surface area contributed by atoms with Gasteiger partial charge in [0.25, 0.3) is 0 Å². The predicted octanol–water partition coefficient (Wildman–Crippen LogP) is 4.67. The number of rotatable bonds is 6. The van der Waals surface area contributed by atoms with Gasteiger partial charge in [-0.3, -0.25) is 0 Å². The lowest BCUT2D eigenvalue weighted by Gasteiger charge is -2.19. The van der Waals surface area contributed by atoms with E-state index in [0.717, 1.165) is 18.8 Å². The van der Waals surface area contributed by atoms with E-state index in [2.05, 4.69) is 62.5 Å². The van der Waals surface area contributed by atoms with Crippen LogP contribution in [-0.4, -0.2) is 6.61 Å². The molecule has 118 valence electrons. The van der Waals surface area contributed by atoms with Crippen molar-refractivity contribution in [2.45, 2.75) is 46.2 Å². The van der Waals surface area contributed by atoms with Crippen molar-refractivity contribution in [2.75, 3.05) is 6.61 Å². The molecule has 2 nitrogen and oxygen atoms in total. The van der Waals surface area contributed by atoms with Crippen LogP contribution in [0.25, 0.3) is 0 Å². The maximum Gasteiger partial charge on any atom is 0.119 e. The lowest BCUT2D eigenvalue weighted by atomic mass is 9.87. The minimum absolute atomic E-state index is 0.217. The molecule has 0 aromatic heterocycles. The summed E-state index contributed by atoms with van der Waals surface area (Å²) in [5.41, 5.74) is 4.19. The van der Waals surface area contributed by atoms with Crippen molar-refractivity contribution in [1.29, 1.82) is 0 Å². The standard InChI is InChI=1S/C20H27NO/c1-5-22-19-12-8-17(9-13-19)15-21-14-16-6-10-18(11-7-16)20(2,3)4/h6-13,21H,5,14-15H2,1-4H3. The molecule has 1 N–H and O–H groups in total. The number of benzene rings is 2. The zero-order valence-electron chi connectivity index (χ0n) is 14.1. The van der Waals surface area contributed by atoms with Gasteiger partial charge in [0, 0.05) is 13.1 Å². The highest BCUT2D eigenvalue weighted by atomic mass is 16.5. The number of ether oxygens (including phenoxy) is 1. The van der Waals surface area contributed by atoms with Gasteiger partial charge in [-0.2, -0.15) is 0 Å². The Bertz CT molecular complexity index is 564. The Kier molecular flexibility index (Phi) is 5.62. The Morgan fingerprint density at radius 2 is 1.32 bits per heavy atom. The second kappa shape index (κ2) is 7.46. The maximum atomic E-state index is 5.45. The minimum atomic E-state index is 0.217. The molecule has 0 heterocycles. The molecular weight excluding hydrogens is 270 g/mol. The fourth-order valence-electron chi connectivity index (χ4n) is 2.34. The number of hydrogen-bond donors (Lipinski definition) is 1. The molecule has 2 heteroatoms. The molecule has 0 saturated carbocycles. The van der Waals surface area contributed by atoms with Crippen molar-refractivity contribution in [3.63, 3.8) is 0 Å². The highest BCUT2D eigenvalue weighted by Gasteiger charge is 2.12. The highest BCUT2D eigenvalue weighted by Crippen LogP contribution is 2.22. The van der Waals surface area contributed by atoms with Gasteiger partial charge in [-0.25, -0.2) is 0 Å². The average molecular weight is 297 g/mol. The summed E-state index contributed by atoms with van der Waals surface area (Å²) in [5, 5.41) is 3.49. The van der Waals surface area contributed by atoms with Gasteiger partial charge in [0.05, 0.1) is 6.61 Å². The second-order valence-electron chi connectivity index (χ2n) is 6.63. The number of nitrogens with one attached hydrogen (secondary N) is 1. The Labute approximate surface area is 134 Å². The van der Waals surface area contributed by atoms with E-state index in [-0.39, 0.29) is 5.41 Å².